The number of ether oxygens (including phenoxy) is 3. The number of carbonyl (C=O) groups excluding carboxylic acids is 3. The minimum atomic E-state index is -0.517. The van der Waals surface area contributed by atoms with E-state index >= 15 is 0 Å². The fourth-order valence-electron chi connectivity index (χ4n) is 4.69. The molecular weight excluding hydrogens is 504 g/mol. The second-order valence-corrected chi connectivity index (χ2v) is 10.4. The molecule has 2 aromatic rings. The molecule has 1 fully saturated rings. The standard InChI is InChI=1S/C28H34N4O7/c1-16-12-32(17(2)14-33)27(35)20-5-4-6-21(30-26(34)18-7-8-18)25(20)39-24(16)13-31(3)28(36)29-19-9-10-22-23(11-19)38-15-37-22/h4-6,9-11,16-18,24,33H,7-8,12-15H2,1-3H3,(H,29,36)(H,30,34)/t16-,17-,24+/m1/s1. The molecule has 0 bridgehead atoms. The van der Waals surface area contributed by atoms with Gasteiger partial charge in [0.05, 0.1) is 30.4 Å². The van der Waals surface area contributed by atoms with E-state index in [0.29, 0.717) is 35.0 Å². The molecular formula is C28H34N4O7. The van der Waals surface area contributed by atoms with E-state index in [9.17, 15) is 19.5 Å². The molecule has 0 saturated heterocycles. The predicted octanol–water partition coefficient (Wildman–Crippen LogP) is 3.15. The third-order valence-electron chi connectivity index (χ3n) is 7.32. The number of amides is 4. The van der Waals surface area contributed by atoms with Crippen LogP contribution >= 0.6 is 0 Å². The van der Waals surface area contributed by atoms with E-state index < -0.39 is 12.1 Å². The van der Waals surface area contributed by atoms with Gasteiger partial charge in [-0.25, -0.2) is 4.79 Å². The van der Waals surface area contributed by atoms with Gasteiger partial charge in [0.1, 0.15) is 6.10 Å². The molecule has 3 aliphatic rings. The molecule has 2 aliphatic heterocycles. The van der Waals surface area contributed by atoms with Crippen LogP contribution < -0.4 is 24.8 Å². The minimum absolute atomic E-state index is 0.0308. The number of hydrogen-bond acceptors (Lipinski definition) is 7. The Balaban J connectivity index is 1.39. The van der Waals surface area contributed by atoms with Gasteiger partial charge in [0.25, 0.3) is 5.91 Å². The lowest BCUT2D eigenvalue weighted by atomic mass is 9.99. The maximum Gasteiger partial charge on any atom is 0.321 e. The van der Waals surface area contributed by atoms with Crippen LogP contribution in [0.1, 0.15) is 37.0 Å². The number of hydrogen-bond donors (Lipinski definition) is 3. The highest BCUT2D eigenvalue weighted by Crippen LogP contribution is 2.37. The maximum absolute atomic E-state index is 13.6. The summed E-state index contributed by atoms with van der Waals surface area (Å²) in [6.45, 7) is 4.19. The number of urea groups is 1. The molecule has 3 atom stereocenters. The van der Waals surface area contributed by atoms with E-state index in [1.165, 1.54) is 4.90 Å². The fraction of sp³-hybridized carbons (Fsp3) is 0.464. The quantitative estimate of drug-likeness (QED) is 0.494. The predicted molar refractivity (Wildman–Crippen MR) is 143 cm³/mol. The summed E-state index contributed by atoms with van der Waals surface area (Å²) in [4.78, 5) is 42.4. The van der Waals surface area contributed by atoms with Crippen LogP contribution in [0.3, 0.4) is 0 Å². The molecule has 11 nitrogen and oxygen atoms in total. The highest BCUT2D eigenvalue weighted by Gasteiger charge is 2.36. The van der Waals surface area contributed by atoms with Crippen molar-refractivity contribution < 1.29 is 33.7 Å². The third-order valence-corrected chi connectivity index (χ3v) is 7.32. The molecule has 2 aromatic carbocycles. The number of aliphatic hydroxyl groups is 1. The topological polar surface area (TPSA) is 130 Å². The number of fused-ring (bicyclic) bond motifs is 2. The van der Waals surface area contributed by atoms with E-state index in [-0.39, 0.29) is 55.4 Å². The fourth-order valence-corrected chi connectivity index (χ4v) is 4.69. The Labute approximate surface area is 227 Å². The van der Waals surface area contributed by atoms with E-state index in [1.807, 2.05) is 6.92 Å². The number of anilines is 2. The van der Waals surface area contributed by atoms with Gasteiger partial charge >= 0.3 is 6.03 Å². The molecule has 2 heterocycles. The van der Waals surface area contributed by atoms with Gasteiger partial charge in [0, 0.05) is 37.2 Å². The van der Waals surface area contributed by atoms with Crippen LogP contribution in [-0.2, 0) is 4.79 Å². The molecule has 11 heteroatoms. The van der Waals surface area contributed by atoms with E-state index in [4.69, 9.17) is 14.2 Å². The van der Waals surface area contributed by atoms with Crippen LogP contribution in [0.4, 0.5) is 16.2 Å². The van der Waals surface area contributed by atoms with Gasteiger partial charge in [-0.3, -0.25) is 9.59 Å². The van der Waals surface area contributed by atoms with Crippen molar-refractivity contribution in [3.05, 3.63) is 42.0 Å². The summed E-state index contributed by atoms with van der Waals surface area (Å²) in [7, 11) is 1.66. The Morgan fingerprint density at radius 3 is 2.67 bits per heavy atom. The molecule has 4 amide bonds. The Kier molecular flexibility index (Phi) is 7.51. The van der Waals surface area contributed by atoms with Gasteiger partial charge in [0.2, 0.25) is 12.7 Å². The second kappa shape index (κ2) is 11.0. The summed E-state index contributed by atoms with van der Waals surface area (Å²) in [6, 6.07) is 9.47. The minimum Gasteiger partial charge on any atom is -0.485 e. The van der Waals surface area contributed by atoms with Crippen molar-refractivity contribution in [2.24, 2.45) is 11.8 Å². The van der Waals surface area contributed by atoms with Crippen molar-refractivity contribution in [1.82, 2.24) is 9.80 Å². The Hall–Kier alpha value is -3.99. The third kappa shape index (κ3) is 5.73. The molecule has 3 N–H and O–H groups in total. The first-order chi connectivity index (χ1) is 18.7. The van der Waals surface area contributed by atoms with E-state index in [1.54, 1.807) is 55.3 Å². The van der Waals surface area contributed by atoms with Gasteiger partial charge in [0.15, 0.2) is 17.2 Å². The monoisotopic (exact) mass is 538 g/mol. The first kappa shape index (κ1) is 26.6. The Morgan fingerprint density at radius 1 is 1.15 bits per heavy atom. The first-order valence-electron chi connectivity index (χ1n) is 13.2. The molecule has 5 rings (SSSR count). The Bertz CT molecular complexity index is 1260. The summed E-state index contributed by atoms with van der Waals surface area (Å²) in [6.07, 6.45) is 1.16. The van der Waals surface area contributed by atoms with Crippen molar-refractivity contribution in [1.29, 1.82) is 0 Å². The van der Waals surface area contributed by atoms with Crippen molar-refractivity contribution in [3.63, 3.8) is 0 Å². The van der Waals surface area contributed by atoms with Crippen molar-refractivity contribution in [2.45, 2.75) is 38.8 Å². The van der Waals surface area contributed by atoms with E-state index in [0.717, 1.165) is 12.8 Å². The average Bonchev–Trinajstić information content (AvgIpc) is 3.68. The summed E-state index contributed by atoms with van der Waals surface area (Å²) in [5.41, 5.74) is 1.28. The zero-order chi connectivity index (χ0) is 27.7. The second-order valence-electron chi connectivity index (χ2n) is 10.4. The summed E-state index contributed by atoms with van der Waals surface area (Å²) < 4.78 is 17.2. The van der Waals surface area contributed by atoms with E-state index in [2.05, 4.69) is 10.6 Å². The lowest BCUT2D eigenvalue weighted by Gasteiger charge is -2.38. The molecule has 1 saturated carbocycles. The van der Waals surface area contributed by atoms with Gasteiger partial charge in [-0.05, 0) is 44.0 Å². The van der Waals surface area contributed by atoms with Crippen molar-refractivity contribution in [2.75, 3.05) is 44.2 Å². The molecule has 39 heavy (non-hydrogen) atoms. The van der Waals surface area contributed by atoms with Gasteiger partial charge < -0.3 is 39.8 Å². The number of benzene rings is 2. The summed E-state index contributed by atoms with van der Waals surface area (Å²) in [5.74, 6) is 0.832. The zero-order valence-corrected chi connectivity index (χ0v) is 22.3. The van der Waals surface area contributed by atoms with Crippen LogP contribution in [0.5, 0.6) is 17.2 Å². The van der Waals surface area contributed by atoms with Gasteiger partial charge in [-0.15, -0.1) is 0 Å². The molecule has 0 aromatic heterocycles. The normalized spacial score (nSPS) is 20.7. The van der Waals surface area contributed by atoms with Crippen LogP contribution in [-0.4, -0.2) is 78.4 Å². The van der Waals surface area contributed by atoms with Gasteiger partial charge in [-0.1, -0.05) is 13.0 Å². The lowest BCUT2D eigenvalue weighted by Crippen LogP contribution is -2.50. The van der Waals surface area contributed by atoms with Crippen LogP contribution in [0.25, 0.3) is 0 Å². The summed E-state index contributed by atoms with van der Waals surface area (Å²) in [5, 5.41) is 15.7. The van der Waals surface area contributed by atoms with Crippen molar-refractivity contribution >= 4 is 29.2 Å². The molecule has 0 radical (unpaired) electrons. The number of nitrogens with zero attached hydrogens (tertiary/aromatic N) is 2. The first-order valence-corrected chi connectivity index (χ1v) is 13.2. The largest absolute Gasteiger partial charge is 0.485 e. The number of rotatable bonds is 7. The Morgan fingerprint density at radius 2 is 1.92 bits per heavy atom. The summed E-state index contributed by atoms with van der Waals surface area (Å²) >= 11 is 0. The number of aliphatic hydroxyl groups excluding tert-OH is 1. The lowest BCUT2D eigenvalue weighted by molar-refractivity contribution is -0.117. The molecule has 208 valence electrons. The molecule has 1 aliphatic carbocycles. The number of carbonyl (C=O) groups is 3. The average molecular weight is 539 g/mol. The van der Waals surface area contributed by atoms with Crippen LogP contribution in [0.15, 0.2) is 36.4 Å². The van der Waals surface area contributed by atoms with Gasteiger partial charge in [-0.2, -0.15) is 0 Å². The maximum atomic E-state index is 13.6. The number of para-hydroxylation sites is 1. The smallest absolute Gasteiger partial charge is 0.321 e. The SMILES string of the molecule is C[C@@H]1CN([C@H](C)CO)C(=O)c2cccc(NC(=O)C3CC3)c2O[C@H]1CN(C)C(=O)Nc1ccc2c(c1)OCO2. The zero-order valence-electron chi connectivity index (χ0n) is 22.3. The molecule has 0 spiro atoms. The van der Waals surface area contributed by atoms with Crippen LogP contribution in [0, 0.1) is 11.8 Å². The van der Waals surface area contributed by atoms with Crippen LogP contribution in [0.2, 0.25) is 0 Å². The number of likely N-dealkylation sites (N-methyl/N-ethyl adjacent to an activating group) is 1. The molecule has 0 unspecified atom stereocenters. The highest BCUT2D eigenvalue weighted by molar-refractivity contribution is 6.02. The highest BCUT2D eigenvalue weighted by atomic mass is 16.7. The number of nitrogens with one attached hydrogen (secondary N) is 2. The van der Waals surface area contributed by atoms with Crippen molar-refractivity contribution in [3.8, 4) is 17.2 Å².